The SMILES string of the molecule is O=C(NCc1nc2ccccc2c(=O)[nH]1)C1CCOc2ccccc2C1. The van der Waals surface area contributed by atoms with Gasteiger partial charge in [-0.1, -0.05) is 30.3 Å². The molecule has 2 heterocycles. The average Bonchev–Trinajstić information content (AvgIpc) is 2.89. The van der Waals surface area contributed by atoms with Crippen LogP contribution in [0, 0.1) is 5.92 Å². The van der Waals surface area contributed by atoms with Gasteiger partial charge in [-0.15, -0.1) is 0 Å². The van der Waals surface area contributed by atoms with Crippen molar-refractivity contribution in [1.82, 2.24) is 15.3 Å². The molecular formula is C20H19N3O3. The van der Waals surface area contributed by atoms with Crippen LogP contribution in [-0.2, 0) is 17.8 Å². The van der Waals surface area contributed by atoms with Crippen molar-refractivity contribution in [3.63, 3.8) is 0 Å². The molecule has 3 aromatic rings. The van der Waals surface area contributed by atoms with Gasteiger partial charge in [-0.2, -0.15) is 0 Å². The summed E-state index contributed by atoms with van der Waals surface area (Å²) in [5, 5.41) is 3.43. The molecule has 6 heteroatoms. The maximum absolute atomic E-state index is 12.6. The van der Waals surface area contributed by atoms with Crippen molar-refractivity contribution < 1.29 is 9.53 Å². The molecule has 1 aliphatic heterocycles. The smallest absolute Gasteiger partial charge is 0.258 e. The summed E-state index contributed by atoms with van der Waals surface area (Å²) in [6.07, 6.45) is 1.30. The average molecular weight is 349 g/mol. The molecule has 0 saturated heterocycles. The third-order valence-electron chi connectivity index (χ3n) is 4.63. The number of nitrogens with one attached hydrogen (secondary N) is 2. The van der Waals surface area contributed by atoms with E-state index in [9.17, 15) is 9.59 Å². The van der Waals surface area contributed by atoms with Crippen molar-refractivity contribution in [3.05, 3.63) is 70.3 Å². The molecule has 0 bridgehead atoms. The fraction of sp³-hybridized carbons (Fsp3) is 0.250. The first-order valence-electron chi connectivity index (χ1n) is 8.67. The summed E-state index contributed by atoms with van der Waals surface area (Å²) in [5.41, 5.74) is 1.47. The van der Waals surface area contributed by atoms with Crippen LogP contribution in [-0.4, -0.2) is 22.5 Å². The Bertz CT molecular complexity index is 1010. The Morgan fingerprint density at radius 1 is 1.19 bits per heavy atom. The van der Waals surface area contributed by atoms with Crippen molar-refractivity contribution in [3.8, 4) is 5.75 Å². The lowest BCUT2D eigenvalue weighted by molar-refractivity contribution is -0.125. The van der Waals surface area contributed by atoms with Gasteiger partial charge < -0.3 is 15.0 Å². The van der Waals surface area contributed by atoms with Gasteiger partial charge in [-0.05, 0) is 36.6 Å². The van der Waals surface area contributed by atoms with Crippen molar-refractivity contribution >= 4 is 16.8 Å². The zero-order valence-corrected chi connectivity index (χ0v) is 14.2. The molecule has 0 radical (unpaired) electrons. The number of carbonyl (C=O) groups excluding carboxylic acids is 1. The minimum atomic E-state index is -0.198. The highest BCUT2D eigenvalue weighted by molar-refractivity contribution is 5.79. The first-order chi connectivity index (χ1) is 12.7. The van der Waals surface area contributed by atoms with Crippen molar-refractivity contribution in [1.29, 1.82) is 0 Å². The minimum absolute atomic E-state index is 0.0545. The van der Waals surface area contributed by atoms with Gasteiger partial charge in [0.25, 0.3) is 5.56 Å². The number of amides is 1. The standard InChI is InChI=1S/C20H19N3O3/c24-19(14-9-10-26-17-8-4-1-5-13(17)11-14)21-12-18-22-16-7-3-2-6-15(16)20(25)23-18/h1-8,14H,9-12H2,(H,21,24)(H,22,23,25). The van der Waals surface area contributed by atoms with Crippen LogP contribution in [0.3, 0.4) is 0 Å². The van der Waals surface area contributed by atoms with Gasteiger partial charge in [0, 0.05) is 5.92 Å². The number of ether oxygens (including phenoxy) is 1. The zero-order chi connectivity index (χ0) is 17.9. The molecule has 0 spiro atoms. The lowest BCUT2D eigenvalue weighted by atomic mass is 9.96. The maximum Gasteiger partial charge on any atom is 0.258 e. The van der Waals surface area contributed by atoms with E-state index in [1.807, 2.05) is 30.3 Å². The van der Waals surface area contributed by atoms with Crippen molar-refractivity contribution in [2.45, 2.75) is 19.4 Å². The third-order valence-corrected chi connectivity index (χ3v) is 4.63. The number of para-hydroxylation sites is 2. The maximum atomic E-state index is 12.6. The molecule has 2 aromatic carbocycles. The second-order valence-corrected chi connectivity index (χ2v) is 6.39. The Morgan fingerprint density at radius 3 is 2.92 bits per heavy atom. The lowest BCUT2D eigenvalue weighted by Crippen LogP contribution is -2.33. The van der Waals surface area contributed by atoms with Gasteiger partial charge in [0.2, 0.25) is 5.91 Å². The van der Waals surface area contributed by atoms with Crippen LogP contribution < -0.4 is 15.6 Å². The first kappa shape index (κ1) is 16.3. The van der Waals surface area contributed by atoms with Gasteiger partial charge in [0.15, 0.2) is 0 Å². The summed E-state index contributed by atoms with van der Waals surface area (Å²) in [5.74, 6) is 1.09. The molecule has 0 aliphatic carbocycles. The lowest BCUT2D eigenvalue weighted by Gasteiger charge is -2.13. The van der Waals surface area contributed by atoms with E-state index >= 15 is 0 Å². The molecular weight excluding hydrogens is 330 g/mol. The fourth-order valence-electron chi connectivity index (χ4n) is 3.25. The highest BCUT2D eigenvalue weighted by Crippen LogP contribution is 2.26. The summed E-state index contributed by atoms with van der Waals surface area (Å²) in [7, 11) is 0. The molecule has 0 saturated carbocycles. The Hall–Kier alpha value is -3.15. The number of benzene rings is 2. The van der Waals surface area contributed by atoms with E-state index in [0.717, 1.165) is 11.3 Å². The van der Waals surface area contributed by atoms with Crippen LogP contribution in [0.25, 0.3) is 10.9 Å². The van der Waals surface area contributed by atoms with Gasteiger partial charge in [-0.25, -0.2) is 4.98 Å². The van der Waals surface area contributed by atoms with Crippen LogP contribution in [0.5, 0.6) is 5.75 Å². The molecule has 132 valence electrons. The van der Waals surface area contributed by atoms with Crippen LogP contribution in [0.2, 0.25) is 0 Å². The van der Waals surface area contributed by atoms with Gasteiger partial charge in [-0.3, -0.25) is 9.59 Å². The fourth-order valence-corrected chi connectivity index (χ4v) is 3.25. The van der Waals surface area contributed by atoms with Crippen LogP contribution >= 0.6 is 0 Å². The molecule has 1 aliphatic rings. The molecule has 26 heavy (non-hydrogen) atoms. The minimum Gasteiger partial charge on any atom is -0.493 e. The number of carbonyl (C=O) groups is 1. The first-order valence-corrected chi connectivity index (χ1v) is 8.67. The van der Waals surface area contributed by atoms with E-state index in [1.54, 1.807) is 18.2 Å². The Morgan fingerprint density at radius 2 is 2.00 bits per heavy atom. The Labute approximate surface area is 150 Å². The summed E-state index contributed by atoms with van der Waals surface area (Å²) in [4.78, 5) is 31.8. The van der Waals surface area contributed by atoms with Crippen molar-refractivity contribution in [2.24, 2.45) is 5.92 Å². The largest absolute Gasteiger partial charge is 0.493 e. The van der Waals surface area contributed by atoms with Crippen LogP contribution in [0.15, 0.2) is 53.3 Å². The van der Waals surface area contributed by atoms with E-state index < -0.39 is 0 Å². The second kappa shape index (κ2) is 7.00. The number of aromatic nitrogens is 2. The molecule has 1 aromatic heterocycles. The normalized spacial score (nSPS) is 16.4. The summed E-state index contributed by atoms with van der Waals surface area (Å²) in [6, 6.07) is 14.9. The molecule has 0 fully saturated rings. The molecule has 1 atom stereocenters. The Kier molecular flexibility index (Phi) is 4.39. The predicted molar refractivity (Wildman–Crippen MR) is 98.0 cm³/mol. The summed E-state index contributed by atoms with van der Waals surface area (Å²) >= 11 is 0. The number of H-pyrrole nitrogens is 1. The number of aromatic amines is 1. The van der Waals surface area contributed by atoms with Gasteiger partial charge >= 0.3 is 0 Å². The van der Waals surface area contributed by atoms with Crippen molar-refractivity contribution in [2.75, 3.05) is 6.61 Å². The molecule has 2 N–H and O–H groups in total. The topological polar surface area (TPSA) is 84.1 Å². The van der Waals surface area contributed by atoms with Gasteiger partial charge in [0.1, 0.15) is 11.6 Å². The molecule has 6 nitrogen and oxygen atoms in total. The van der Waals surface area contributed by atoms with Crippen LogP contribution in [0.1, 0.15) is 17.8 Å². The monoisotopic (exact) mass is 349 g/mol. The van der Waals surface area contributed by atoms with E-state index in [4.69, 9.17) is 4.74 Å². The molecule has 1 amide bonds. The number of hydrogen-bond donors (Lipinski definition) is 2. The Balaban J connectivity index is 1.46. The number of hydrogen-bond acceptors (Lipinski definition) is 4. The number of fused-ring (bicyclic) bond motifs is 2. The highest BCUT2D eigenvalue weighted by Gasteiger charge is 2.23. The number of nitrogens with zero attached hydrogens (tertiary/aromatic N) is 1. The van der Waals surface area contributed by atoms with E-state index in [0.29, 0.717) is 36.2 Å². The number of rotatable bonds is 3. The van der Waals surface area contributed by atoms with E-state index in [-0.39, 0.29) is 23.9 Å². The zero-order valence-electron chi connectivity index (χ0n) is 14.2. The summed E-state index contributed by atoms with van der Waals surface area (Å²) in [6.45, 7) is 0.706. The van der Waals surface area contributed by atoms with Gasteiger partial charge in [0.05, 0.1) is 24.1 Å². The van der Waals surface area contributed by atoms with E-state index in [2.05, 4.69) is 15.3 Å². The van der Waals surface area contributed by atoms with E-state index in [1.165, 1.54) is 0 Å². The second-order valence-electron chi connectivity index (χ2n) is 6.39. The predicted octanol–water partition coefficient (Wildman–Crippen LogP) is 2.18. The molecule has 1 unspecified atom stereocenters. The third kappa shape index (κ3) is 3.31. The molecule has 4 rings (SSSR count). The summed E-state index contributed by atoms with van der Waals surface area (Å²) < 4.78 is 5.72. The quantitative estimate of drug-likeness (QED) is 0.759. The van der Waals surface area contributed by atoms with Crippen LogP contribution in [0.4, 0.5) is 0 Å². The highest BCUT2D eigenvalue weighted by atomic mass is 16.5.